The Labute approximate surface area is 233 Å². The van der Waals surface area contributed by atoms with Crippen LogP contribution >= 0.6 is 11.6 Å². The lowest BCUT2D eigenvalue weighted by atomic mass is 10.0. The first-order chi connectivity index (χ1) is 19.1. The second-order valence-electron chi connectivity index (χ2n) is 8.95. The number of anilines is 2. The van der Waals surface area contributed by atoms with E-state index in [9.17, 15) is 27.9 Å². The number of amidine groups is 1. The lowest BCUT2D eigenvalue weighted by Gasteiger charge is -2.41. The average Bonchev–Trinajstić information content (AvgIpc) is 2.92. The maximum Gasteiger partial charge on any atom is 0.246 e. The van der Waals surface area contributed by atoms with Gasteiger partial charge in [0.1, 0.15) is 34.7 Å². The molecule has 1 fully saturated rings. The molecule has 0 spiro atoms. The number of phenolic OH excluding ortho intramolecular Hbond substituents is 1. The predicted molar refractivity (Wildman–Crippen MR) is 146 cm³/mol. The van der Waals surface area contributed by atoms with Crippen molar-refractivity contribution >= 4 is 41.3 Å². The standard InChI is InChI=1S/C28H25ClF3N5O3/c1-4-23(40)35-11-12-36(16(2)14-35)27(33-3)17-13-18(29)25(24-19(30)7-6-10-22(24)39)34-28(17)37(15-38)26-20(31)8-5-9-21(26)32/h4-10,13,15-16,39H,1,11-12,14H2,2-3H3/b33-27+. The van der Waals surface area contributed by atoms with Gasteiger partial charge in [-0.1, -0.05) is 30.3 Å². The molecule has 1 aliphatic rings. The minimum Gasteiger partial charge on any atom is -0.507 e. The number of amides is 2. The van der Waals surface area contributed by atoms with E-state index >= 15 is 0 Å². The van der Waals surface area contributed by atoms with Crippen molar-refractivity contribution in [2.45, 2.75) is 13.0 Å². The number of benzene rings is 2. The molecule has 0 saturated carbocycles. The first-order valence-corrected chi connectivity index (χ1v) is 12.5. The van der Waals surface area contributed by atoms with Gasteiger partial charge in [-0.15, -0.1) is 0 Å². The predicted octanol–water partition coefficient (Wildman–Crippen LogP) is 4.91. The molecule has 1 aromatic heterocycles. The van der Waals surface area contributed by atoms with Gasteiger partial charge >= 0.3 is 0 Å². The summed E-state index contributed by atoms with van der Waals surface area (Å²) < 4.78 is 44.7. The Bertz CT molecular complexity index is 1480. The van der Waals surface area contributed by atoms with E-state index in [2.05, 4.69) is 16.6 Å². The molecule has 8 nitrogen and oxygen atoms in total. The summed E-state index contributed by atoms with van der Waals surface area (Å²) in [5, 5.41) is 10.3. The van der Waals surface area contributed by atoms with Gasteiger partial charge in [0.05, 0.1) is 21.8 Å². The van der Waals surface area contributed by atoms with Gasteiger partial charge in [0.25, 0.3) is 0 Å². The number of phenols is 1. The maximum absolute atomic E-state index is 14.9. The van der Waals surface area contributed by atoms with Crippen molar-refractivity contribution < 1.29 is 27.9 Å². The number of carbonyl (C=O) groups is 2. The molecule has 0 bridgehead atoms. The molecular formula is C28H25ClF3N5O3. The Morgan fingerprint density at radius 2 is 1.82 bits per heavy atom. The third-order valence-corrected chi connectivity index (χ3v) is 6.82. The van der Waals surface area contributed by atoms with E-state index in [0.717, 1.165) is 24.3 Å². The summed E-state index contributed by atoms with van der Waals surface area (Å²) in [5.41, 5.74) is -1.23. The first-order valence-electron chi connectivity index (χ1n) is 12.1. The highest BCUT2D eigenvalue weighted by atomic mass is 35.5. The molecule has 40 heavy (non-hydrogen) atoms. The zero-order chi connectivity index (χ0) is 29.1. The van der Waals surface area contributed by atoms with Crippen molar-refractivity contribution in [3.8, 4) is 17.0 Å². The summed E-state index contributed by atoms with van der Waals surface area (Å²) in [6, 6.07) is 7.73. The van der Waals surface area contributed by atoms with E-state index in [0.29, 0.717) is 24.5 Å². The van der Waals surface area contributed by atoms with Crippen LogP contribution in [0.15, 0.2) is 60.1 Å². The van der Waals surface area contributed by atoms with Crippen LogP contribution in [0, 0.1) is 17.5 Å². The molecule has 4 rings (SSSR count). The molecular weight excluding hydrogens is 547 g/mol. The fraction of sp³-hybridized carbons (Fsp3) is 0.214. The highest BCUT2D eigenvalue weighted by Crippen LogP contribution is 2.40. The van der Waals surface area contributed by atoms with E-state index in [1.54, 1.807) is 4.90 Å². The van der Waals surface area contributed by atoms with Crippen LogP contribution in [-0.4, -0.2) is 70.8 Å². The lowest BCUT2D eigenvalue weighted by Crippen LogP contribution is -2.55. The van der Waals surface area contributed by atoms with E-state index in [1.165, 1.54) is 31.3 Å². The zero-order valence-electron chi connectivity index (χ0n) is 21.6. The van der Waals surface area contributed by atoms with Crippen LogP contribution in [0.4, 0.5) is 24.7 Å². The molecule has 1 N–H and O–H groups in total. The Kier molecular flexibility index (Phi) is 8.43. The van der Waals surface area contributed by atoms with Crippen LogP contribution in [0.25, 0.3) is 11.3 Å². The summed E-state index contributed by atoms with van der Waals surface area (Å²) in [6.07, 6.45) is 1.39. The van der Waals surface area contributed by atoms with Crippen LogP contribution in [-0.2, 0) is 9.59 Å². The quantitative estimate of drug-likeness (QED) is 0.196. The number of hydrogen-bond acceptors (Lipinski definition) is 5. The SMILES string of the molecule is C=CC(=O)N1CCN(/C(=N/C)c2cc(Cl)c(-c3c(O)cccc3F)nc2N(C=O)c2c(F)cccc2F)C(C)C1. The number of aromatic hydroxyl groups is 1. The first kappa shape index (κ1) is 28.6. The largest absolute Gasteiger partial charge is 0.507 e. The third-order valence-electron chi connectivity index (χ3n) is 6.53. The number of aliphatic imine (C=N–C) groups is 1. The van der Waals surface area contributed by atoms with E-state index in [1.807, 2.05) is 11.8 Å². The van der Waals surface area contributed by atoms with E-state index in [-0.39, 0.29) is 51.9 Å². The van der Waals surface area contributed by atoms with Crippen LogP contribution in [0.1, 0.15) is 12.5 Å². The Hall–Kier alpha value is -4.38. The summed E-state index contributed by atoms with van der Waals surface area (Å²) in [6.45, 7) is 6.33. The number of piperazine rings is 1. The van der Waals surface area contributed by atoms with Gasteiger partial charge in [-0.3, -0.25) is 19.5 Å². The van der Waals surface area contributed by atoms with E-state index in [4.69, 9.17) is 11.6 Å². The van der Waals surface area contributed by atoms with Gasteiger partial charge in [-0.05, 0) is 43.3 Å². The van der Waals surface area contributed by atoms with Crippen molar-refractivity contribution in [3.63, 3.8) is 0 Å². The van der Waals surface area contributed by atoms with Gasteiger partial charge in [0.15, 0.2) is 5.82 Å². The van der Waals surface area contributed by atoms with Gasteiger partial charge in [-0.2, -0.15) is 0 Å². The minimum atomic E-state index is -1.05. The molecule has 1 atom stereocenters. The fourth-order valence-corrected chi connectivity index (χ4v) is 4.93. The van der Waals surface area contributed by atoms with Gasteiger partial charge in [0, 0.05) is 32.7 Å². The summed E-state index contributed by atoms with van der Waals surface area (Å²) in [5.74, 6) is -3.72. The zero-order valence-corrected chi connectivity index (χ0v) is 22.4. The number of carbonyl (C=O) groups excluding carboxylic acids is 2. The van der Waals surface area contributed by atoms with Crippen molar-refractivity contribution in [3.05, 3.63) is 83.2 Å². The summed E-state index contributed by atoms with van der Waals surface area (Å²) >= 11 is 6.56. The van der Waals surface area contributed by atoms with E-state index < -0.39 is 28.9 Å². The average molecular weight is 572 g/mol. The molecule has 2 aromatic carbocycles. The number of pyridine rings is 1. The molecule has 2 heterocycles. The highest BCUT2D eigenvalue weighted by molar-refractivity contribution is 6.33. The monoisotopic (exact) mass is 571 g/mol. The molecule has 3 aromatic rings. The summed E-state index contributed by atoms with van der Waals surface area (Å²) in [4.78, 5) is 37.5. The van der Waals surface area contributed by atoms with Crippen molar-refractivity contribution in [2.75, 3.05) is 31.6 Å². The van der Waals surface area contributed by atoms with Crippen LogP contribution < -0.4 is 4.90 Å². The molecule has 208 valence electrons. The number of rotatable bonds is 6. The molecule has 1 saturated heterocycles. The minimum absolute atomic E-state index is 0.108. The van der Waals surface area contributed by atoms with Gasteiger partial charge < -0.3 is 14.9 Å². The van der Waals surface area contributed by atoms with Gasteiger partial charge in [0.2, 0.25) is 12.3 Å². The van der Waals surface area contributed by atoms with Crippen LogP contribution in [0.2, 0.25) is 5.02 Å². The number of hydrogen-bond donors (Lipinski definition) is 1. The highest BCUT2D eigenvalue weighted by Gasteiger charge is 2.33. The second-order valence-corrected chi connectivity index (χ2v) is 9.35. The number of halogens is 4. The number of aromatic nitrogens is 1. The molecule has 0 aliphatic carbocycles. The molecule has 1 aliphatic heterocycles. The van der Waals surface area contributed by atoms with Crippen molar-refractivity contribution in [1.29, 1.82) is 0 Å². The number of nitrogens with zero attached hydrogens (tertiary/aromatic N) is 5. The Morgan fingerprint density at radius 3 is 2.40 bits per heavy atom. The fourth-order valence-electron chi connectivity index (χ4n) is 4.68. The van der Waals surface area contributed by atoms with Crippen molar-refractivity contribution in [2.24, 2.45) is 4.99 Å². The third kappa shape index (κ3) is 5.24. The van der Waals surface area contributed by atoms with Crippen LogP contribution in [0.5, 0.6) is 5.75 Å². The molecule has 0 radical (unpaired) electrons. The van der Waals surface area contributed by atoms with Gasteiger partial charge in [-0.25, -0.2) is 18.2 Å². The second kappa shape index (κ2) is 11.8. The number of para-hydroxylation sites is 1. The normalized spacial score (nSPS) is 15.7. The Morgan fingerprint density at radius 1 is 1.18 bits per heavy atom. The topological polar surface area (TPSA) is 89.3 Å². The van der Waals surface area contributed by atoms with Crippen molar-refractivity contribution in [1.82, 2.24) is 14.8 Å². The smallest absolute Gasteiger partial charge is 0.246 e. The maximum atomic E-state index is 14.9. The molecule has 1 unspecified atom stereocenters. The molecule has 2 amide bonds. The Balaban J connectivity index is 1.95. The lowest BCUT2D eigenvalue weighted by molar-refractivity contribution is -0.128. The van der Waals surface area contributed by atoms with Crippen LogP contribution in [0.3, 0.4) is 0 Å². The summed E-state index contributed by atoms with van der Waals surface area (Å²) in [7, 11) is 1.48. The molecule has 12 heteroatoms.